The normalized spacial score (nSPS) is 11.4. The fourth-order valence-corrected chi connectivity index (χ4v) is 1.58. The minimum absolute atomic E-state index is 0.00613. The monoisotopic (exact) mass is 246 g/mol. The third-order valence-electron chi connectivity index (χ3n) is 2.53. The summed E-state index contributed by atoms with van der Waals surface area (Å²) in [5.74, 6) is 0. The third kappa shape index (κ3) is 4.44. The Bertz CT molecular complexity index is 422. The Hall–Kier alpha value is -2.06. The summed E-state index contributed by atoms with van der Waals surface area (Å²) in [5, 5.41) is 14.2. The molecule has 0 fully saturated rings. The summed E-state index contributed by atoms with van der Waals surface area (Å²) in [7, 11) is 0. The molecule has 1 rings (SSSR count). The van der Waals surface area contributed by atoms with Crippen LogP contribution in [0.3, 0.4) is 0 Å². The molecule has 1 aromatic rings. The van der Waals surface area contributed by atoms with Crippen LogP contribution >= 0.6 is 0 Å². The van der Waals surface area contributed by atoms with Gasteiger partial charge in [0.05, 0.1) is 11.6 Å². The van der Waals surface area contributed by atoms with Crippen molar-refractivity contribution in [2.75, 3.05) is 11.9 Å². The lowest BCUT2D eigenvalue weighted by atomic mass is 10.2. The van der Waals surface area contributed by atoms with Crippen molar-refractivity contribution in [3.8, 4) is 6.07 Å². The van der Waals surface area contributed by atoms with Gasteiger partial charge in [0.2, 0.25) is 0 Å². The molecule has 1 atom stereocenters. The lowest BCUT2D eigenvalue weighted by molar-refractivity contribution is 0.248. The van der Waals surface area contributed by atoms with Crippen LogP contribution in [0.5, 0.6) is 0 Å². The Morgan fingerprint density at radius 3 is 2.61 bits per heavy atom. The first-order valence-electron chi connectivity index (χ1n) is 5.97. The summed E-state index contributed by atoms with van der Waals surface area (Å²) < 4.78 is 0. The first kappa shape index (κ1) is 14.0. The summed E-state index contributed by atoms with van der Waals surface area (Å²) >= 11 is 0. The zero-order valence-electron chi connectivity index (χ0n) is 10.4. The van der Waals surface area contributed by atoms with Crippen LogP contribution in [0.4, 0.5) is 10.5 Å². The maximum absolute atomic E-state index is 11.7. The smallest absolute Gasteiger partial charge is 0.319 e. The molecular weight excluding hydrogens is 228 g/mol. The van der Waals surface area contributed by atoms with Crippen molar-refractivity contribution < 1.29 is 4.79 Å². The highest BCUT2D eigenvalue weighted by atomic mass is 16.2. The van der Waals surface area contributed by atoms with Gasteiger partial charge in [-0.25, -0.2) is 4.79 Å². The van der Waals surface area contributed by atoms with E-state index in [1.807, 2.05) is 13.0 Å². The molecule has 0 spiro atoms. The molecular formula is C13H18N4O. The lowest BCUT2D eigenvalue weighted by Gasteiger charge is -2.16. The van der Waals surface area contributed by atoms with Crippen molar-refractivity contribution in [2.45, 2.75) is 25.8 Å². The molecule has 0 saturated heterocycles. The standard InChI is InChI=1S/C13H18N4O/c1-2-3-12(9-15)17-13(18)16-11-6-4-10(8-14)5-7-11/h4-7,12H,2-3,9,15H2,1H3,(H2,16,17,18). The number of nitrogens with one attached hydrogen (secondary N) is 2. The first-order chi connectivity index (χ1) is 8.69. The van der Waals surface area contributed by atoms with Crippen molar-refractivity contribution in [3.05, 3.63) is 29.8 Å². The number of nitriles is 1. The van der Waals surface area contributed by atoms with E-state index in [4.69, 9.17) is 11.0 Å². The van der Waals surface area contributed by atoms with Crippen molar-refractivity contribution in [2.24, 2.45) is 5.73 Å². The molecule has 1 unspecified atom stereocenters. The van der Waals surface area contributed by atoms with Crippen LogP contribution in [0.25, 0.3) is 0 Å². The van der Waals surface area contributed by atoms with Crippen molar-refractivity contribution in [3.63, 3.8) is 0 Å². The predicted octanol–water partition coefficient (Wildman–Crippen LogP) is 1.81. The van der Waals surface area contributed by atoms with Gasteiger partial charge in [0.1, 0.15) is 0 Å². The number of urea groups is 1. The molecule has 0 aromatic heterocycles. The van der Waals surface area contributed by atoms with E-state index in [0.717, 1.165) is 12.8 Å². The molecule has 0 heterocycles. The highest BCUT2D eigenvalue weighted by molar-refractivity contribution is 5.89. The van der Waals surface area contributed by atoms with Gasteiger partial charge in [-0.05, 0) is 30.7 Å². The van der Waals surface area contributed by atoms with Crippen LogP contribution in [-0.2, 0) is 0 Å². The largest absolute Gasteiger partial charge is 0.334 e. The van der Waals surface area contributed by atoms with Crippen molar-refractivity contribution in [1.29, 1.82) is 5.26 Å². The molecule has 96 valence electrons. The fraction of sp³-hybridized carbons (Fsp3) is 0.385. The molecule has 0 saturated carbocycles. The highest BCUT2D eigenvalue weighted by Crippen LogP contribution is 2.08. The van der Waals surface area contributed by atoms with E-state index in [2.05, 4.69) is 10.6 Å². The Labute approximate surface area is 107 Å². The van der Waals surface area contributed by atoms with E-state index < -0.39 is 0 Å². The molecule has 0 aliphatic carbocycles. The second-order valence-electron chi connectivity index (χ2n) is 4.01. The Balaban J connectivity index is 2.50. The van der Waals surface area contributed by atoms with Crippen molar-refractivity contribution in [1.82, 2.24) is 5.32 Å². The van der Waals surface area contributed by atoms with Crippen LogP contribution in [-0.4, -0.2) is 18.6 Å². The third-order valence-corrected chi connectivity index (χ3v) is 2.53. The van der Waals surface area contributed by atoms with Gasteiger partial charge in [0.15, 0.2) is 0 Å². The van der Waals surface area contributed by atoms with Gasteiger partial charge in [-0.3, -0.25) is 0 Å². The van der Waals surface area contributed by atoms with Crippen molar-refractivity contribution >= 4 is 11.7 Å². The van der Waals surface area contributed by atoms with E-state index in [1.165, 1.54) is 0 Å². The number of hydrogen-bond acceptors (Lipinski definition) is 3. The van der Waals surface area contributed by atoms with Gasteiger partial charge < -0.3 is 16.4 Å². The lowest BCUT2D eigenvalue weighted by Crippen LogP contribution is -2.42. The molecule has 4 N–H and O–H groups in total. The Morgan fingerprint density at radius 1 is 1.44 bits per heavy atom. The SMILES string of the molecule is CCCC(CN)NC(=O)Nc1ccc(C#N)cc1. The summed E-state index contributed by atoms with van der Waals surface area (Å²) in [4.78, 5) is 11.7. The van der Waals surface area contributed by atoms with E-state index in [0.29, 0.717) is 17.8 Å². The van der Waals surface area contributed by atoms with Gasteiger partial charge in [0, 0.05) is 18.3 Å². The van der Waals surface area contributed by atoms with E-state index in [1.54, 1.807) is 24.3 Å². The van der Waals surface area contributed by atoms with E-state index >= 15 is 0 Å². The molecule has 5 nitrogen and oxygen atoms in total. The molecule has 5 heteroatoms. The second-order valence-corrected chi connectivity index (χ2v) is 4.01. The number of nitrogens with two attached hydrogens (primary N) is 1. The number of nitrogens with zero attached hydrogens (tertiary/aromatic N) is 1. The quantitative estimate of drug-likeness (QED) is 0.740. The van der Waals surface area contributed by atoms with Crippen LogP contribution < -0.4 is 16.4 Å². The average molecular weight is 246 g/mol. The number of anilines is 1. The van der Waals surface area contributed by atoms with Gasteiger partial charge in [0.25, 0.3) is 0 Å². The maximum Gasteiger partial charge on any atom is 0.319 e. The number of carbonyl (C=O) groups excluding carboxylic acids is 1. The Morgan fingerprint density at radius 2 is 2.11 bits per heavy atom. The van der Waals surface area contributed by atoms with E-state index in [9.17, 15) is 4.79 Å². The fourth-order valence-electron chi connectivity index (χ4n) is 1.58. The number of hydrogen-bond donors (Lipinski definition) is 3. The number of benzene rings is 1. The number of carbonyl (C=O) groups is 1. The van der Waals surface area contributed by atoms with Crippen LogP contribution in [0, 0.1) is 11.3 Å². The van der Waals surface area contributed by atoms with E-state index in [-0.39, 0.29) is 12.1 Å². The minimum Gasteiger partial charge on any atom is -0.334 e. The zero-order chi connectivity index (χ0) is 13.4. The van der Waals surface area contributed by atoms with Gasteiger partial charge in [-0.15, -0.1) is 0 Å². The molecule has 0 aliphatic rings. The maximum atomic E-state index is 11.7. The van der Waals surface area contributed by atoms with Crippen LogP contribution in [0.1, 0.15) is 25.3 Å². The van der Waals surface area contributed by atoms with Crippen LogP contribution in [0.2, 0.25) is 0 Å². The van der Waals surface area contributed by atoms with Crippen LogP contribution in [0.15, 0.2) is 24.3 Å². The van der Waals surface area contributed by atoms with Gasteiger partial charge in [-0.2, -0.15) is 5.26 Å². The molecule has 0 radical (unpaired) electrons. The molecule has 2 amide bonds. The molecule has 18 heavy (non-hydrogen) atoms. The number of rotatable bonds is 5. The Kier molecular flexibility index (Phi) is 5.68. The zero-order valence-corrected chi connectivity index (χ0v) is 10.4. The first-order valence-corrected chi connectivity index (χ1v) is 5.97. The summed E-state index contributed by atoms with van der Waals surface area (Å²) in [6.45, 7) is 2.47. The minimum atomic E-state index is -0.274. The summed E-state index contributed by atoms with van der Waals surface area (Å²) in [6, 6.07) is 8.43. The molecule has 0 aliphatic heterocycles. The highest BCUT2D eigenvalue weighted by Gasteiger charge is 2.09. The topological polar surface area (TPSA) is 90.9 Å². The number of amides is 2. The van der Waals surface area contributed by atoms with Gasteiger partial charge >= 0.3 is 6.03 Å². The molecule has 1 aromatic carbocycles. The summed E-state index contributed by atoms with van der Waals surface area (Å²) in [5.41, 5.74) is 6.77. The summed E-state index contributed by atoms with van der Waals surface area (Å²) in [6.07, 6.45) is 1.83. The predicted molar refractivity (Wildman–Crippen MR) is 71.1 cm³/mol. The van der Waals surface area contributed by atoms with Gasteiger partial charge in [-0.1, -0.05) is 13.3 Å². The molecule has 0 bridgehead atoms. The average Bonchev–Trinajstić information content (AvgIpc) is 2.39. The second kappa shape index (κ2) is 7.30.